The fourth-order valence-electron chi connectivity index (χ4n) is 5.95. The lowest BCUT2D eigenvalue weighted by Gasteiger charge is -2.22. The van der Waals surface area contributed by atoms with Crippen LogP contribution in [0.3, 0.4) is 0 Å². The predicted molar refractivity (Wildman–Crippen MR) is 252 cm³/mol. The molecule has 1 amide bonds. The minimum atomic E-state index is -0.668. The van der Waals surface area contributed by atoms with Gasteiger partial charge in [-0.05, 0) is 96.3 Å². The summed E-state index contributed by atoms with van der Waals surface area (Å²) in [6, 6.07) is -0.547. The Balaban J connectivity index is 3.63. The van der Waals surface area contributed by atoms with Crippen LogP contribution in [-0.4, -0.2) is 34.9 Å². The molecule has 57 heavy (non-hydrogen) atoms. The highest BCUT2D eigenvalue weighted by Crippen LogP contribution is 2.12. The third-order valence-corrected chi connectivity index (χ3v) is 9.43. The van der Waals surface area contributed by atoms with Gasteiger partial charge >= 0.3 is 0 Å². The van der Waals surface area contributed by atoms with E-state index in [1.54, 1.807) is 0 Å². The number of aliphatic hydroxyl groups excluding tert-OH is 2. The smallest absolute Gasteiger partial charge is 0.220 e. The van der Waals surface area contributed by atoms with E-state index >= 15 is 0 Å². The van der Waals surface area contributed by atoms with Crippen molar-refractivity contribution in [1.29, 1.82) is 0 Å². The molecule has 0 saturated heterocycles. The fraction of sp³-hybridized carbons (Fsp3) is 0.566. The molecule has 3 N–H and O–H groups in total. The number of carbonyl (C=O) groups is 1. The summed E-state index contributed by atoms with van der Waals surface area (Å²) in [5.41, 5.74) is 0. The molecule has 0 heterocycles. The topological polar surface area (TPSA) is 69.6 Å². The molecule has 0 aliphatic rings. The third kappa shape index (κ3) is 43.5. The van der Waals surface area contributed by atoms with Gasteiger partial charge in [0.05, 0.1) is 18.8 Å². The minimum Gasteiger partial charge on any atom is -0.394 e. The van der Waals surface area contributed by atoms with E-state index in [1.165, 1.54) is 25.7 Å². The van der Waals surface area contributed by atoms with Crippen LogP contribution in [0.15, 0.2) is 134 Å². The highest BCUT2D eigenvalue weighted by molar-refractivity contribution is 5.76. The highest BCUT2D eigenvalue weighted by atomic mass is 16.3. The van der Waals surface area contributed by atoms with Crippen LogP contribution in [0.2, 0.25) is 0 Å². The maximum atomic E-state index is 12.2. The van der Waals surface area contributed by atoms with E-state index in [-0.39, 0.29) is 12.5 Å². The van der Waals surface area contributed by atoms with Gasteiger partial charge in [-0.2, -0.15) is 0 Å². The molecule has 0 aliphatic heterocycles. The Kier molecular flexibility index (Phi) is 44.1. The molecule has 0 spiro atoms. The molecule has 4 heteroatoms. The number of rotatable bonds is 39. The highest BCUT2D eigenvalue weighted by Gasteiger charge is 2.19. The maximum absolute atomic E-state index is 12.2. The zero-order valence-corrected chi connectivity index (χ0v) is 36.5. The van der Waals surface area contributed by atoms with E-state index < -0.39 is 12.1 Å². The Morgan fingerprint density at radius 3 is 1.14 bits per heavy atom. The van der Waals surface area contributed by atoms with E-state index in [9.17, 15) is 15.0 Å². The first-order chi connectivity index (χ1) is 28.2. The first-order valence-electron chi connectivity index (χ1n) is 22.9. The van der Waals surface area contributed by atoms with Gasteiger partial charge in [0.1, 0.15) is 0 Å². The van der Waals surface area contributed by atoms with Crippen LogP contribution < -0.4 is 5.32 Å². The van der Waals surface area contributed by atoms with Crippen molar-refractivity contribution in [3.05, 3.63) is 134 Å². The van der Waals surface area contributed by atoms with Crippen molar-refractivity contribution in [3.63, 3.8) is 0 Å². The summed E-state index contributed by atoms with van der Waals surface area (Å²) in [5, 5.41) is 22.7. The summed E-state index contributed by atoms with van der Waals surface area (Å²) in [7, 11) is 0. The van der Waals surface area contributed by atoms with Crippen molar-refractivity contribution < 1.29 is 15.0 Å². The molecule has 0 aliphatic carbocycles. The number of hydrogen-bond acceptors (Lipinski definition) is 3. The van der Waals surface area contributed by atoms with Crippen molar-refractivity contribution in [2.45, 2.75) is 187 Å². The summed E-state index contributed by atoms with van der Waals surface area (Å²) in [6.07, 6.45) is 74.4. The number of carbonyl (C=O) groups excluding carboxylic acids is 1. The summed E-state index contributed by atoms with van der Waals surface area (Å²) in [4.78, 5) is 12.2. The van der Waals surface area contributed by atoms with Gasteiger partial charge in [-0.1, -0.05) is 205 Å². The number of allylic oxidation sites excluding steroid dienone is 22. The van der Waals surface area contributed by atoms with Gasteiger partial charge in [-0.3, -0.25) is 4.79 Å². The SMILES string of the molecule is CC/C=C\C/C=C\C/C=C\C/C=C\C/C=C\C/C=C\C/C=C\C/C=C\C/C=C\C/C=C\C/C=C\CCCCCCCCCC(=O)NC(CO)C(O)CCCCCC. The van der Waals surface area contributed by atoms with Crippen molar-refractivity contribution in [3.8, 4) is 0 Å². The molecule has 0 rings (SSSR count). The van der Waals surface area contributed by atoms with Gasteiger partial charge in [0.15, 0.2) is 0 Å². The molecule has 320 valence electrons. The molecule has 0 aromatic rings. The van der Waals surface area contributed by atoms with Crippen LogP contribution in [-0.2, 0) is 4.79 Å². The van der Waals surface area contributed by atoms with Gasteiger partial charge in [0.25, 0.3) is 0 Å². The van der Waals surface area contributed by atoms with Gasteiger partial charge in [0.2, 0.25) is 5.91 Å². The van der Waals surface area contributed by atoms with E-state index in [0.29, 0.717) is 12.8 Å². The minimum absolute atomic E-state index is 0.0593. The van der Waals surface area contributed by atoms with Crippen molar-refractivity contribution >= 4 is 5.91 Å². The standard InChI is InChI=1S/C53H85NO3/c1-3-5-7-9-10-11-12-13-14-15-16-17-18-19-20-21-22-23-24-25-26-27-28-29-30-31-32-33-34-35-36-37-38-39-40-41-42-43-44-45-47-49-53(57)54-51(50-55)52(56)48-46-8-6-4-2/h5,7,10-11,13-14,16-17,19-20,22-23,25-26,28-29,31-32,34-35,37-38,51-52,55-56H,3-4,6,8-9,12,15,18,21,24,27,30,33,36,39-50H2,1-2H3,(H,54,57)/b7-5-,11-10-,14-13-,17-16-,20-19-,23-22-,26-25-,29-28-,32-31-,35-34-,38-37-. The van der Waals surface area contributed by atoms with Gasteiger partial charge < -0.3 is 15.5 Å². The second kappa shape index (κ2) is 46.9. The van der Waals surface area contributed by atoms with E-state index in [1.807, 2.05) is 0 Å². The lowest BCUT2D eigenvalue weighted by Crippen LogP contribution is -2.45. The van der Waals surface area contributed by atoms with E-state index in [4.69, 9.17) is 0 Å². The van der Waals surface area contributed by atoms with Gasteiger partial charge in [-0.15, -0.1) is 0 Å². The van der Waals surface area contributed by atoms with Crippen molar-refractivity contribution in [2.75, 3.05) is 6.61 Å². The molecular formula is C53H85NO3. The Hall–Kier alpha value is -3.47. The Morgan fingerprint density at radius 1 is 0.439 bits per heavy atom. The molecule has 0 fully saturated rings. The first-order valence-corrected chi connectivity index (χ1v) is 22.9. The zero-order chi connectivity index (χ0) is 41.4. The van der Waals surface area contributed by atoms with Crippen LogP contribution in [0.1, 0.15) is 174 Å². The van der Waals surface area contributed by atoms with Crippen LogP contribution in [0.4, 0.5) is 0 Å². The zero-order valence-electron chi connectivity index (χ0n) is 36.5. The summed E-state index contributed by atoms with van der Waals surface area (Å²) in [5.74, 6) is -0.0593. The Morgan fingerprint density at radius 2 is 0.772 bits per heavy atom. The maximum Gasteiger partial charge on any atom is 0.220 e. The van der Waals surface area contributed by atoms with Gasteiger partial charge in [-0.25, -0.2) is 0 Å². The fourth-order valence-corrected chi connectivity index (χ4v) is 5.95. The normalized spacial score (nSPS) is 14.2. The number of nitrogens with one attached hydrogen (secondary N) is 1. The van der Waals surface area contributed by atoms with Crippen LogP contribution >= 0.6 is 0 Å². The van der Waals surface area contributed by atoms with Crippen molar-refractivity contribution in [1.82, 2.24) is 5.32 Å². The average molecular weight is 784 g/mol. The predicted octanol–water partition coefficient (Wildman–Crippen LogP) is 14.7. The largest absolute Gasteiger partial charge is 0.394 e. The van der Waals surface area contributed by atoms with Crippen LogP contribution in [0.5, 0.6) is 0 Å². The molecule has 4 nitrogen and oxygen atoms in total. The van der Waals surface area contributed by atoms with Gasteiger partial charge in [0, 0.05) is 6.42 Å². The number of amides is 1. The van der Waals surface area contributed by atoms with Crippen molar-refractivity contribution in [2.24, 2.45) is 0 Å². The number of aliphatic hydroxyl groups is 2. The molecule has 2 unspecified atom stereocenters. The number of hydrogen-bond donors (Lipinski definition) is 3. The third-order valence-electron chi connectivity index (χ3n) is 9.43. The molecule has 0 aromatic carbocycles. The average Bonchev–Trinajstić information content (AvgIpc) is 3.22. The Bertz CT molecular complexity index is 1210. The molecule has 0 saturated carbocycles. The molecule has 0 radical (unpaired) electrons. The van der Waals surface area contributed by atoms with Crippen LogP contribution in [0.25, 0.3) is 0 Å². The molecular weight excluding hydrogens is 699 g/mol. The summed E-state index contributed by atoms with van der Waals surface area (Å²) >= 11 is 0. The second-order valence-electron chi connectivity index (χ2n) is 14.7. The molecule has 0 bridgehead atoms. The van der Waals surface area contributed by atoms with E-state index in [0.717, 1.165) is 122 Å². The summed E-state index contributed by atoms with van der Waals surface area (Å²) in [6.45, 7) is 4.11. The first kappa shape index (κ1) is 53.5. The number of unbranched alkanes of at least 4 members (excludes halogenated alkanes) is 10. The lowest BCUT2D eigenvalue weighted by molar-refractivity contribution is -0.123. The quantitative estimate of drug-likeness (QED) is 0.0429. The summed E-state index contributed by atoms with van der Waals surface area (Å²) < 4.78 is 0. The molecule has 0 aromatic heterocycles. The van der Waals surface area contributed by atoms with Crippen LogP contribution in [0, 0.1) is 0 Å². The molecule has 2 atom stereocenters. The second-order valence-corrected chi connectivity index (χ2v) is 14.7. The van der Waals surface area contributed by atoms with E-state index in [2.05, 4.69) is 153 Å². The monoisotopic (exact) mass is 784 g/mol. The Labute approximate surface area is 351 Å². The lowest BCUT2D eigenvalue weighted by atomic mass is 10.0.